The summed E-state index contributed by atoms with van der Waals surface area (Å²) < 4.78 is 8.06. The van der Waals surface area contributed by atoms with E-state index in [1.165, 1.54) is 11.1 Å². The summed E-state index contributed by atoms with van der Waals surface area (Å²) in [5, 5.41) is 4.43. The first-order chi connectivity index (χ1) is 10.7. The van der Waals surface area contributed by atoms with Gasteiger partial charge < -0.3 is 9.64 Å². The normalized spacial score (nSPS) is 16.7. The van der Waals surface area contributed by atoms with Crippen molar-refractivity contribution in [3.63, 3.8) is 0 Å². The van der Waals surface area contributed by atoms with Crippen LogP contribution in [0, 0.1) is 0 Å². The topological polar surface area (TPSA) is 47.4 Å². The first kappa shape index (κ1) is 13.8. The van der Waals surface area contributed by atoms with Gasteiger partial charge in [-0.2, -0.15) is 5.10 Å². The van der Waals surface area contributed by atoms with Crippen LogP contribution in [0.3, 0.4) is 0 Å². The minimum atomic E-state index is -0.0353. The third-order valence-corrected chi connectivity index (χ3v) is 4.94. The van der Waals surface area contributed by atoms with Crippen LogP contribution in [0.1, 0.15) is 28.0 Å². The molecule has 1 aromatic carbocycles. The van der Waals surface area contributed by atoms with Crippen LogP contribution < -0.4 is 4.74 Å². The van der Waals surface area contributed by atoms with Gasteiger partial charge in [-0.3, -0.25) is 4.79 Å². The minimum Gasteiger partial charge on any atom is -0.477 e. The van der Waals surface area contributed by atoms with Gasteiger partial charge in [0.15, 0.2) is 5.69 Å². The molecule has 3 heterocycles. The number of ether oxygens (including phenoxy) is 1. The number of carbonyl (C=O) groups is 1. The number of nitrogens with zero attached hydrogens (tertiary/aromatic N) is 3. The largest absolute Gasteiger partial charge is 0.477 e. The number of aryl methyl sites for hydroxylation is 1. The molecular weight excluding hydrogens is 346 g/mol. The molecular formula is C16H16BrN3O2. The van der Waals surface area contributed by atoms with Crippen LogP contribution in [0.15, 0.2) is 28.7 Å². The Labute approximate surface area is 137 Å². The quantitative estimate of drug-likeness (QED) is 0.784. The minimum absolute atomic E-state index is 0.0353. The zero-order chi connectivity index (χ0) is 15.1. The predicted molar refractivity (Wildman–Crippen MR) is 84.9 cm³/mol. The smallest absolute Gasteiger partial charge is 0.276 e. The van der Waals surface area contributed by atoms with Gasteiger partial charge in [-0.05, 0) is 33.5 Å². The number of hydrogen-bond donors (Lipinski definition) is 0. The highest BCUT2D eigenvalue weighted by molar-refractivity contribution is 9.10. The van der Waals surface area contributed by atoms with Crippen molar-refractivity contribution in [2.24, 2.45) is 0 Å². The standard InChI is InChI=1S/C16H16BrN3O2/c17-13-14(18-20-7-3-9-22-16(13)20)15(21)19-8-6-11-4-1-2-5-12(11)10-19/h1-2,4-5H,3,6-10H2. The second-order valence-electron chi connectivity index (χ2n) is 5.64. The Balaban J connectivity index is 1.62. The molecule has 22 heavy (non-hydrogen) atoms. The molecule has 0 saturated heterocycles. The molecule has 0 radical (unpaired) electrons. The van der Waals surface area contributed by atoms with Crippen molar-refractivity contribution in [3.8, 4) is 5.88 Å². The molecule has 2 aliphatic heterocycles. The van der Waals surface area contributed by atoms with Crippen molar-refractivity contribution in [2.75, 3.05) is 13.2 Å². The number of amides is 1. The van der Waals surface area contributed by atoms with Crippen LogP contribution >= 0.6 is 15.9 Å². The van der Waals surface area contributed by atoms with Gasteiger partial charge in [-0.25, -0.2) is 4.68 Å². The van der Waals surface area contributed by atoms with Crippen molar-refractivity contribution >= 4 is 21.8 Å². The molecule has 4 rings (SSSR count). The molecule has 1 amide bonds. The second kappa shape index (κ2) is 5.43. The Hall–Kier alpha value is -1.82. The molecule has 0 fully saturated rings. The van der Waals surface area contributed by atoms with Crippen molar-refractivity contribution in [1.82, 2.24) is 14.7 Å². The van der Waals surface area contributed by atoms with Crippen LogP contribution in [0.4, 0.5) is 0 Å². The molecule has 2 aromatic rings. The van der Waals surface area contributed by atoms with E-state index < -0.39 is 0 Å². The van der Waals surface area contributed by atoms with Crippen molar-refractivity contribution in [1.29, 1.82) is 0 Å². The van der Waals surface area contributed by atoms with E-state index in [9.17, 15) is 4.79 Å². The highest BCUT2D eigenvalue weighted by atomic mass is 79.9. The average molecular weight is 362 g/mol. The molecule has 0 atom stereocenters. The van der Waals surface area contributed by atoms with E-state index in [4.69, 9.17) is 4.74 Å². The summed E-state index contributed by atoms with van der Waals surface area (Å²) in [6, 6.07) is 8.29. The molecule has 0 unspecified atom stereocenters. The fourth-order valence-electron chi connectivity index (χ4n) is 3.05. The van der Waals surface area contributed by atoms with E-state index in [1.54, 1.807) is 4.68 Å². The summed E-state index contributed by atoms with van der Waals surface area (Å²) in [5.74, 6) is 0.638. The molecule has 5 nitrogen and oxygen atoms in total. The van der Waals surface area contributed by atoms with Gasteiger partial charge in [0, 0.05) is 26.1 Å². The molecule has 0 saturated carbocycles. The van der Waals surface area contributed by atoms with Gasteiger partial charge in [0.25, 0.3) is 5.91 Å². The molecule has 0 N–H and O–H groups in total. The van der Waals surface area contributed by atoms with Crippen LogP contribution in [0.2, 0.25) is 0 Å². The number of hydrogen-bond acceptors (Lipinski definition) is 3. The lowest BCUT2D eigenvalue weighted by molar-refractivity contribution is 0.0727. The van der Waals surface area contributed by atoms with Crippen LogP contribution in [-0.4, -0.2) is 33.7 Å². The summed E-state index contributed by atoms with van der Waals surface area (Å²) in [7, 11) is 0. The van der Waals surface area contributed by atoms with Crippen molar-refractivity contribution in [3.05, 3.63) is 45.6 Å². The van der Waals surface area contributed by atoms with Gasteiger partial charge in [0.05, 0.1) is 6.61 Å². The highest BCUT2D eigenvalue weighted by Crippen LogP contribution is 2.32. The maximum Gasteiger partial charge on any atom is 0.276 e. The van der Waals surface area contributed by atoms with E-state index in [-0.39, 0.29) is 5.91 Å². The molecule has 0 bridgehead atoms. The number of aromatic nitrogens is 2. The number of rotatable bonds is 1. The zero-order valence-electron chi connectivity index (χ0n) is 12.1. The number of halogens is 1. The van der Waals surface area contributed by atoms with Gasteiger partial charge in [-0.1, -0.05) is 24.3 Å². The number of benzene rings is 1. The maximum atomic E-state index is 12.8. The van der Waals surface area contributed by atoms with Crippen LogP contribution in [0.25, 0.3) is 0 Å². The summed E-state index contributed by atoms with van der Waals surface area (Å²) in [6.45, 7) is 2.84. The number of carbonyl (C=O) groups excluding carboxylic acids is 1. The Morgan fingerprint density at radius 2 is 2.05 bits per heavy atom. The Bertz CT molecular complexity index is 741. The average Bonchev–Trinajstić information content (AvgIpc) is 2.91. The lowest BCUT2D eigenvalue weighted by Gasteiger charge is -2.28. The van der Waals surface area contributed by atoms with Crippen molar-refractivity contribution < 1.29 is 9.53 Å². The lowest BCUT2D eigenvalue weighted by Crippen LogP contribution is -2.36. The maximum absolute atomic E-state index is 12.8. The van der Waals surface area contributed by atoms with Crippen LogP contribution in [0.5, 0.6) is 5.88 Å². The Kier molecular flexibility index (Phi) is 3.41. The van der Waals surface area contributed by atoms with Gasteiger partial charge in [-0.15, -0.1) is 0 Å². The molecule has 1 aromatic heterocycles. The Morgan fingerprint density at radius 3 is 2.86 bits per heavy atom. The molecule has 0 spiro atoms. The van der Waals surface area contributed by atoms with Gasteiger partial charge in [0.2, 0.25) is 5.88 Å². The van der Waals surface area contributed by atoms with E-state index in [0.29, 0.717) is 29.2 Å². The molecule has 114 valence electrons. The molecule has 0 aliphatic carbocycles. The van der Waals surface area contributed by atoms with E-state index >= 15 is 0 Å². The fourth-order valence-corrected chi connectivity index (χ4v) is 3.62. The zero-order valence-corrected chi connectivity index (χ0v) is 13.7. The third kappa shape index (κ3) is 2.22. The van der Waals surface area contributed by atoms with E-state index in [0.717, 1.165) is 25.9 Å². The predicted octanol–water partition coefficient (Wildman–Crippen LogP) is 2.63. The van der Waals surface area contributed by atoms with Crippen LogP contribution in [-0.2, 0) is 19.5 Å². The molecule has 2 aliphatic rings. The number of fused-ring (bicyclic) bond motifs is 2. The lowest BCUT2D eigenvalue weighted by atomic mass is 10.00. The van der Waals surface area contributed by atoms with E-state index in [2.05, 4.69) is 33.2 Å². The van der Waals surface area contributed by atoms with Gasteiger partial charge in [0.1, 0.15) is 4.47 Å². The summed E-state index contributed by atoms with van der Waals surface area (Å²) >= 11 is 3.48. The monoisotopic (exact) mass is 361 g/mol. The summed E-state index contributed by atoms with van der Waals surface area (Å²) in [5.41, 5.74) is 3.01. The first-order valence-corrected chi connectivity index (χ1v) is 8.28. The van der Waals surface area contributed by atoms with E-state index in [1.807, 2.05) is 17.0 Å². The molecule has 6 heteroatoms. The van der Waals surface area contributed by atoms with Gasteiger partial charge >= 0.3 is 0 Å². The second-order valence-corrected chi connectivity index (χ2v) is 6.43. The Morgan fingerprint density at radius 1 is 1.23 bits per heavy atom. The first-order valence-electron chi connectivity index (χ1n) is 7.49. The summed E-state index contributed by atoms with van der Waals surface area (Å²) in [4.78, 5) is 14.7. The van der Waals surface area contributed by atoms with Crippen molar-refractivity contribution in [2.45, 2.75) is 25.9 Å². The third-order valence-electron chi connectivity index (χ3n) is 4.22. The SMILES string of the molecule is O=C(c1nn2c(c1Br)OCCC2)N1CCc2ccccc2C1. The fraction of sp³-hybridized carbons (Fsp3) is 0.375. The highest BCUT2D eigenvalue weighted by Gasteiger charge is 2.29. The summed E-state index contributed by atoms with van der Waals surface area (Å²) in [6.07, 6.45) is 1.81.